The van der Waals surface area contributed by atoms with E-state index in [1.165, 1.54) is 10.8 Å². The number of pyridine rings is 1. The van der Waals surface area contributed by atoms with Gasteiger partial charge in [0.25, 0.3) is 0 Å². The van der Waals surface area contributed by atoms with Crippen LogP contribution in [0.15, 0.2) is 43.0 Å². The largest absolute Gasteiger partial charge is 0.350 e. The predicted molar refractivity (Wildman–Crippen MR) is 87.2 cm³/mol. The third-order valence-corrected chi connectivity index (χ3v) is 3.35. The first-order valence-electron chi connectivity index (χ1n) is 7.08. The maximum Gasteiger partial charge on any atom is 0.137 e. The van der Waals surface area contributed by atoms with E-state index >= 15 is 0 Å². The van der Waals surface area contributed by atoms with E-state index in [0.717, 1.165) is 24.6 Å². The van der Waals surface area contributed by atoms with Gasteiger partial charge in [0.2, 0.25) is 0 Å². The molecule has 3 heteroatoms. The number of aromatic nitrogens is 1. The van der Waals surface area contributed by atoms with Gasteiger partial charge in [-0.2, -0.15) is 0 Å². The van der Waals surface area contributed by atoms with E-state index in [4.69, 9.17) is 4.98 Å². The molecule has 20 heavy (non-hydrogen) atoms. The summed E-state index contributed by atoms with van der Waals surface area (Å²) >= 11 is 0. The fourth-order valence-electron chi connectivity index (χ4n) is 2.41. The molecule has 0 spiro atoms. The maximum absolute atomic E-state index is 4.85. The third-order valence-electron chi connectivity index (χ3n) is 3.35. The summed E-state index contributed by atoms with van der Waals surface area (Å²) in [5, 5.41) is 5.61. The zero-order chi connectivity index (χ0) is 14.5. The normalized spacial score (nSPS) is 11.0. The standard InChI is InChI=1S/C17H23N3/c1-5-10-20(13(2)3)17-16-9-7-6-8-14(16)11-15(19-17)12-18-4/h5-9,11,13,18H,1,10,12H2,2-4H3. The van der Waals surface area contributed by atoms with Gasteiger partial charge in [0, 0.05) is 24.5 Å². The van der Waals surface area contributed by atoms with E-state index in [-0.39, 0.29) is 0 Å². The molecule has 0 saturated heterocycles. The maximum atomic E-state index is 4.85. The Bertz CT molecular complexity index is 590. The van der Waals surface area contributed by atoms with Crippen LogP contribution < -0.4 is 10.2 Å². The predicted octanol–water partition coefficient (Wildman–Crippen LogP) is 3.36. The van der Waals surface area contributed by atoms with E-state index < -0.39 is 0 Å². The molecule has 0 unspecified atom stereocenters. The lowest BCUT2D eigenvalue weighted by molar-refractivity contribution is 0.708. The number of nitrogens with one attached hydrogen (secondary N) is 1. The fourth-order valence-corrected chi connectivity index (χ4v) is 2.41. The number of nitrogens with zero attached hydrogens (tertiary/aromatic N) is 2. The number of rotatable bonds is 6. The molecule has 2 aromatic rings. The second-order valence-electron chi connectivity index (χ2n) is 5.22. The van der Waals surface area contributed by atoms with Crippen LogP contribution in [0.25, 0.3) is 10.8 Å². The van der Waals surface area contributed by atoms with Gasteiger partial charge >= 0.3 is 0 Å². The molecule has 0 saturated carbocycles. The first-order valence-corrected chi connectivity index (χ1v) is 7.08. The molecule has 2 rings (SSSR count). The van der Waals surface area contributed by atoms with E-state index in [2.05, 4.69) is 61.0 Å². The molecule has 0 radical (unpaired) electrons. The average Bonchev–Trinajstić information content (AvgIpc) is 2.44. The quantitative estimate of drug-likeness (QED) is 0.815. The first-order chi connectivity index (χ1) is 9.67. The molecular formula is C17H23N3. The second-order valence-corrected chi connectivity index (χ2v) is 5.22. The number of anilines is 1. The molecule has 0 amide bonds. The third kappa shape index (κ3) is 2.99. The van der Waals surface area contributed by atoms with Crippen LogP contribution in [0.5, 0.6) is 0 Å². The van der Waals surface area contributed by atoms with Gasteiger partial charge in [0.15, 0.2) is 0 Å². The summed E-state index contributed by atoms with van der Waals surface area (Å²) in [6, 6.07) is 11.0. The van der Waals surface area contributed by atoms with E-state index in [1.807, 2.05) is 13.1 Å². The van der Waals surface area contributed by atoms with Crippen molar-refractivity contribution >= 4 is 16.6 Å². The summed E-state index contributed by atoms with van der Waals surface area (Å²) in [4.78, 5) is 7.13. The molecule has 1 N–H and O–H groups in total. The van der Waals surface area contributed by atoms with Crippen molar-refractivity contribution in [1.82, 2.24) is 10.3 Å². The van der Waals surface area contributed by atoms with Crippen molar-refractivity contribution < 1.29 is 0 Å². The highest BCUT2D eigenvalue weighted by atomic mass is 15.2. The van der Waals surface area contributed by atoms with Crippen molar-refractivity contribution in [2.24, 2.45) is 0 Å². The summed E-state index contributed by atoms with van der Waals surface area (Å²) in [5.41, 5.74) is 1.07. The van der Waals surface area contributed by atoms with Gasteiger partial charge in [0.05, 0.1) is 5.69 Å². The molecule has 1 aromatic heterocycles. The summed E-state index contributed by atoms with van der Waals surface area (Å²) in [7, 11) is 1.94. The monoisotopic (exact) mass is 269 g/mol. The van der Waals surface area contributed by atoms with Crippen molar-refractivity contribution in [1.29, 1.82) is 0 Å². The number of benzene rings is 1. The molecule has 1 heterocycles. The molecule has 0 aliphatic rings. The summed E-state index contributed by atoms with van der Waals surface area (Å²) in [6.07, 6.45) is 1.93. The zero-order valence-electron chi connectivity index (χ0n) is 12.6. The van der Waals surface area contributed by atoms with Crippen LogP contribution >= 0.6 is 0 Å². The van der Waals surface area contributed by atoms with Crippen LogP contribution in [0.3, 0.4) is 0 Å². The lowest BCUT2D eigenvalue weighted by Crippen LogP contribution is -2.32. The molecular weight excluding hydrogens is 246 g/mol. The molecule has 0 bridgehead atoms. The van der Waals surface area contributed by atoms with Gasteiger partial charge in [-0.05, 0) is 32.3 Å². The van der Waals surface area contributed by atoms with Gasteiger partial charge in [0.1, 0.15) is 5.82 Å². The smallest absolute Gasteiger partial charge is 0.137 e. The molecule has 3 nitrogen and oxygen atoms in total. The van der Waals surface area contributed by atoms with Crippen LogP contribution in [-0.4, -0.2) is 24.6 Å². The molecule has 0 fully saturated rings. The minimum atomic E-state index is 0.383. The van der Waals surface area contributed by atoms with Gasteiger partial charge in [-0.3, -0.25) is 0 Å². The van der Waals surface area contributed by atoms with Crippen molar-refractivity contribution in [3.05, 3.63) is 48.7 Å². The second kappa shape index (κ2) is 6.53. The Hall–Kier alpha value is -1.87. The van der Waals surface area contributed by atoms with Crippen molar-refractivity contribution in [2.75, 3.05) is 18.5 Å². The molecule has 0 aliphatic carbocycles. The number of fused-ring (bicyclic) bond motifs is 1. The minimum absolute atomic E-state index is 0.383. The van der Waals surface area contributed by atoms with Gasteiger partial charge < -0.3 is 10.2 Å². The Morgan fingerprint density at radius 3 is 2.75 bits per heavy atom. The average molecular weight is 269 g/mol. The number of hydrogen-bond donors (Lipinski definition) is 1. The fraction of sp³-hybridized carbons (Fsp3) is 0.353. The van der Waals surface area contributed by atoms with Crippen LogP contribution in [-0.2, 0) is 6.54 Å². The van der Waals surface area contributed by atoms with Gasteiger partial charge in [-0.1, -0.05) is 30.3 Å². The van der Waals surface area contributed by atoms with Gasteiger partial charge in [-0.25, -0.2) is 4.98 Å². The highest BCUT2D eigenvalue weighted by Crippen LogP contribution is 2.27. The van der Waals surface area contributed by atoms with Crippen LogP contribution in [0.1, 0.15) is 19.5 Å². The molecule has 106 valence electrons. The van der Waals surface area contributed by atoms with Crippen molar-refractivity contribution in [3.63, 3.8) is 0 Å². The lowest BCUT2D eigenvalue weighted by Gasteiger charge is -2.28. The van der Waals surface area contributed by atoms with Crippen molar-refractivity contribution in [3.8, 4) is 0 Å². The lowest BCUT2D eigenvalue weighted by atomic mass is 10.1. The van der Waals surface area contributed by atoms with Crippen LogP contribution in [0, 0.1) is 0 Å². The Morgan fingerprint density at radius 2 is 2.10 bits per heavy atom. The van der Waals surface area contributed by atoms with Crippen LogP contribution in [0.4, 0.5) is 5.82 Å². The molecule has 0 aliphatic heterocycles. The first kappa shape index (κ1) is 14.5. The van der Waals surface area contributed by atoms with E-state index in [9.17, 15) is 0 Å². The number of hydrogen-bond acceptors (Lipinski definition) is 3. The molecule has 1 aromatic carbocycles. The topological polar surface area (TPSA) is 28.2 Å². The van der Waals surface area contributed by atoms with E-state index in [0.29, 0.717) is 6.04 Å². The summed E-state index contributed by atoms with van der Waals surface area (Å²) in [5.74, 6) is 1.04. The molecule has 0 atom stereocenters. The van der Waals surface area contributed by atoms with Crippen LogP contribution in [0.2, 0.25) is 0 Å². The summed E-state index contributed by atoms with van der Waals surface area (Å²) < 4.78 is 0. The van der Waals surface area contributed by atoms with E-state index in [1.54, 1.807) is 0 Å². The Labute approximate surface area is 121 Å². The Morgan fingerprint density at radius 1 is 1.35 bits per heavy atom. The Balaban J connectivity index is 2.61. The SMILES string of the molecule is C=CCN(c1nc(CNC)cc2ccccc12)C(C)C. The summed E-state index contributed by atoms with van der Waals surface area (Å²) in [6.45, 7) is 9.81. The Kier molecular flexibility index (Phi) is 4.74. The minimum Gasteiger partial charge on any atom is -0.350 e. The van der Waals surface area contributed by atoms with Gasteiger partial charge in [-0.15, -0.1) is 6.58 Å². The van der Waals surface area contributed by atoms with Crippen molar-refractivity contribution in [2.45, 2.75) is 26.4 Å². The highest BCUT2D eigenvalue weighted by molar-refractivity contribution is 5.92. The highest BCUT2D eigenvalue weighted by Gasteiger charge is 2.15. The zero-order valence-corrected chi connectivity index (χ0v) is 12.6.